The Labute approximate surface area is 107 Å². The molecule has 2 aliphatic carbocycles. The predicted molar refractivity (Wildman–Crippen MR) is 69.3 cm³/mol. The van der Waals surface area contributed by atoms with Gasteiger partial charge in [0, 0.05) is 12.0 Å². The average Bonchev–Trinajstić information content (AvgIpc) is 3.15. The summed E-state index contributed by atoms with van der Waals surface area (Å²) in [7, 11) is 0. The summed E-state index contributed by atoms with van der Waals surface area (Å²) >= 11 is 0. The lowest BCUT2D eigenvalue weighted by atomic mass is 9.92. The minimum Gasteiger partial charge on any atom is -0.317 e. The van der Waals surface area contributed by atoms with E-state index in [0.29, 0.717) is 12.0 Å². The van der Waals surface area contributed by atoms with Gasteiger partial charge in [0.2, 0.25) is 0 Å². The van der Waals surface area contributed by atoms with Crippen LogP contribution in [0.15, 0.2) is 18.5 Å². The molecule has 0 aromatic carbocycles. The number of nitrogens with one attached hydrogen (secondary N) is 1. The Hall–Kier alpha value is -1.16. The van der Waals surface area contributed by atoms with E-state index < -0.39 is 0 Å². The van der Waals surface area contributed by atoms with Crippen LogP contribution in [0.1, 0.15) is 43.5 Å². The summed E-state index contributed by atoms with van der Waals surface area (Å²) in [5, 5.41) is 12.1. The molecule has 4 rings (SSSR count). The molecular weight excluding hydrogens is 224 g/mol. The van der Waals surface area contributed by atoms with E-state index in [1.807, 2.05) is 6.33 Å². The molecule has 1 aliphatic heterocycles. The number of hydrogen-bond donors (Lipinski definition) is 1. The Morgan fingerprint density at radius 3 is 2.78 bits per heavy atom. The van der Waals surface area contributed by atoms with Gasteiger partial charge in [0.1, 0.15) is 12.2 Å². The van der Waals surface area contributed by atoms with Gasteiger partial charge in [-0.3, -0.25) is 0 Å². The second-order valence-electron chi connectivity index (χ2n) is 5.96. The molecular formula is C14H20N4. The number of rotatable bonds is 2. The number of hydrogen-bond acceptors (Lipinski definition) is 3. The molecule has 4 heteroatoms. The monoisotopic (exact) mass is 244 g/mol. The Balaban J connectivity index is 1.61. The molecule has 3 aliphatic rings. The van der Waals surface area contributed by atoms with Crippen LogP contribution in [-0.4, -0.2) is 27.9 Å². The molecule has 3 unspecified atom stereocenters. The van der Waals surface area contributed by atoms with E-state index >= 15 is 0 Å². The molecule has 0 radical (unpaired) electrons. The fourth-order valence-electron chi connectivity index (χ4n) is 3.96. The van der Waals surface area contributed by atoms with E-state index in [2.05, 4.69) is 32.2 Å². The van der Waals surface area contributed by atoms with Crippen molar-refractivity contribution in [3.63, 3.8) is 0 Å². The van der Waals surface area contributed by atoms with Gasteiger partial charge >= 0.3 is 0 Å². The number of fused-ring (bicyclic) bond motifs is 2. The molecule has 96 valence electrons. The summed E-state index contributed by atoms with van der Waals surface area (Å²) in [6, 6.07) is 0.611. The van der Waals surface area contributed by atoms with Crippen molar-refractivity contribution in [3.8, 4) is 0 Å². The summed E-state index contributed by atoms with van der Waals surface area (Å²) < 4.78 is 2.38. The van der Waals surface area contributed by atoms with Gasteiger partial charge < -0.3 is 9.88 Å². The molecule has 1 saturated heterocycles. The van der Waals surface area contributed by atoms with Gasteiger partial charge in [-0.1, -0.05) is 12.2 Å². The zero-order valence-corrected chi connectivity index (χ0v) is 10.6. The van der Waals surface area contributed by atoms with Crippen molar-refractivity contribution >= 4 is 0 Å². The molecule has 0 spiro atoms. The Morgan fingerprint density at radius 2 is 2.06 bits per heavy atom. The van der Waals surface area contributed by atoms with Gasteiger partial charge in [-0.2, -0.15) is 0 Å². The first-order chi connectivity index (χ1) is 8.92. The third-order valence-electron chi connectivity index (χ3n) is 4.91. The van der Waals surface area contributed by atoms with Crippen LogP contribution in [-0.2, 0) is 0 Å². The minimum atomic E-state index is 0.611. The molecule has 4 nitrogen and oxygen atoms in total. The fraction of sp³-hybridized carbons (Fsp3) is 0.714. The number of nitrogens with zero attached hydrogens (tertiary/aromatic N) is 3. The molecule has 1 saturated carbocycles. The van der Waals surface area contributed by atoms with Gasteiger partial charge in [0.25, 0.3) is 0 Å². The van der Waals surface area contributed by atoms with E-state index in [1.54, 1.807) is 0 Å². The number of aromatic nitrogens is 3. The molecule has 0 amide bonds. The van der Waals surface area contributed by atoms with E-state index in [0.717, 1.165) is 24.9 Å². The van der Waals surface area contributed by atoms with Crippen molar-refractivity contribution < 1.29 is 0 Å². The highest BCUT2D eigenvalue weighted by atomic mass is 15.3. The maximum absolute atomic E-state index is 4.45. The smallest absolute Gasteiger partial charge is 0.136 e. The van der Waals surface area contributed by atoms with E-state index in [4.69, 9.17) is 0 Å². The molecule has 1 aromatic rings. The lowest BCUT2D eigenvalue weighted by Gasteiger charge is -2.27. The zero-order valence-electron chi connectivity index (χ0n) is 10.6. The highest BCUT2D eigenvalue weighted by molar-refractivity contribution is 5.18. The van der Waals surface area contributed by atoms with Crippen LogP contribution in [0.5, 0.6) is 0 Å². The second kappa shape index (κ2) is 4.19. The van der Waals surface area contributed by atoms with Crippen molar-refractivity contribution in [3.05, 3.63) is 24.3 Å². The van der Waals surface area contributed by atoms with Crippen molar-refractivity contribution in [2.24, 2.45) is 11.8 Å². The first-order valence-corrected chi connectivity index (χ1v) is 7.20. The van der Waals surface area contributed by atoms with Crippen LogP contribution < -0.4 is 5.32 Å². The third kappa shape index (κ3) is 1.62. The minimum absolute atomic E-state index is 0.611. The third-order valence-corrected chi connectivity index (χ3v) is 4.91. The molecule has 2 fully saturated rings. The van der Waals surface area contributed by atoms with Crippen LogP contribution in [0.3, 0.4) is 0 Å². The predicted octanol–water partition coefficient (Wildman–Crippen LogP) is 1.88. The zero-order chi connectivity index (χ0) is 11.9. The Bertz CT molecular complexity index is 458. The summed E-state index contributed by atoms with van der Waals surface area (Å²) in [5.41, 5.74) is 0. The molecule has 1 aromatic heterocycles. The van der Waals surface area contributed by atoms with Crippen LogP contribution in [0, 0.1) is 11.8 Å². The average molecular weight is 244 g/mol. The van der Waals surface area contributed by atoms with E-state index in [-0.39, 0.29) is 0 Å². The maximum atomic E-state index is 4.45. The lowest BCUT2D eigenvalue weighted by Crippen LogP contribution is -2.30. The van der Waals surface area contributed by atoms with Crippen LogP contribution in [0.2, 0.25) is 0 Å². The first-order valence-electron chi connectivity index (χ1n) is 7.20. The fourth-order valence-corrected chi connectivity index (χ4v) is 3.96. The van der Waals surface area contributed by atoms with Crippen molar-refractivity contribution in [1.82, 2.24) is 20.1 Å². The Kier molecular flexibility index (Phi) is 2.50. The largest absolute Gasteiger partial charge is 0.317 e. The van der Waals surface area contributed by atoms with Crippen molar-refractivity contribution in [2.75, 3.05) is 13.1 Å². The highest BCUT2D eigenvalue weighted by Gasteiger charge is 2.39. The normalized spacial score (nSPS) is 35.4. The van der Waals surface area contributed by atoms with Gasteiger partial charge in [-0.15, -0.1) is 10.2 Å². The van der Waals surface area contributed by atoms with Gasteiger partial charge in [0.15, 0.2) is 0 Å². The lowest BCUT2D eigenvalue weighted by molar-refractivity contribution is 0.348. The summed E-state index contributed by atoms with van der Waals surface area (Å²) in [4.78, 5) is 0. The number of allylic oxidation sites excluding steroid dienone is 2. The summed E-state index contributed by atoms with van der Waals surface area (Å²) in [6.45, 7) is 2.25. The Morgan fingerprint density at radius 1 is 1.17 bits per heavy atom. The van der Waals surface area contributed by atoms with E-state index in [9.17, 15) is 0 Å². The molecule has 2 heterocycles. The van der Waals surface area contributed by atoms with Crippen LogP contribution in [0.25, 0.3) is 0 Å². The molecule has 3 atom stereocenters. The van der Waals surface area contributed by atoms with Crippen LogP contribution >= 0.6 is 0 Å². The second-order valence-corrected chi connectivity index (χ2v) is 5.96. The quantitative estimate of drug-likeness (QED) is 0.808. The standard InChI is InChI=1S/C14H20N4/c1-2-11-7-10(1)8-13(11)14-17-16-9-18(14)12-3-5-15-6-4-12/h1-2,9-13,15H,3-8H2. The van der Waals surface area contributed by atoms with Gasteiger partial charge in [-0.25, -0.2) is 0 Å². The maximum Gasteiger partial charge on any atom is 0.136 e. The SMILES string of the molecule is C1=CC2CC1CC2c1nncn1C1CCNCC1. The summed E-state index contributed by atoms with van der Waals surface area (Å²) in [6.07, 6.45) is 11.8. The van der Waals surface area contributed by atoms with Crippen molar-refractivity contribution in [1.29, 1.82) is 0 Å². The van der Waals surface area contributed by atoms with Crippen LogP contribution in [0.4, 0.5) is 0 Å². The van der Waals surface area contributed by atoms with Crippen molar-refractivity contribution in [2.45, 2.75) is 37.6 Å². The molecule has 1 N–H and O–H groups in total. The highest BCUT2D eigenvalue weighted by Crippen LogP contribution is 2.48. The van der Waals surface area contributed by atoms with Gasteiger partial charge in [0.05, 0.1) is 0 Å². The number of piperidine rings is 1. The molecule has 18 heavy (non-hydrogen) atoms. The first kappa shape index (κ1) is 10.7. The summed E-state index contributed by atoms with van der Waals surface area (Å²) in [5.74, 6) is 3.40. The topological polar surface area (TPSA) is 42.7 Å². The molecule has 2 bridgehead atoms. The van der Waals surface area contributed by atoms with Gasteiger partial charge in [-0.05, 0) is 50.6 Å². The van der Waals surface area contributed by atoms with E-state index in [1.165, 1.54) is 31.5 Å².